The molecule has 0 spiro atoms. The summed E-state index contributed by atoms with van der Waals surface area (Å²) in [7, 11) is 0. The fraction of sp³-hybridized carbons (Fsp3) is 0.370. The van der Waals surface area contributed by atoms with Crippen LogP contribution in [0, 0.1) is 17.6 Å². The van der Waals surface area contributed by atoms with Crippen LogP contribution in [0.1, 0.15) is 56.2 Å². The highest BCUT2D eigenvalue weighted by Crippen LogP contribution is 2.32. The van der Waals surface area contributed by atoms with Gasteiger partial charge >= 0.3 is 0 Å². The molecule has 0 aliphatic carbocycles. The van der Waals surface area contributed by atoms with Crippen molar-refractivity contribution < 1.29 is 18.3 Å². The molecule has 9 heteroatoms. The number of Topliss-reactive ketones (excluding diaryl/α,β-unsaturated/α-hetero) is 1. The Morgan fingerprint density at radius 3 is 2.78 bits per heavy atom. The first-order valence-corrected chi connectivity index (χ1v) is 12.2. The molecular weight excluding hydrogens is 464 g/mol. The first kappa shape index (κ1) is 24.1. The van der Waals surface area contributed by atoms with Crippen LogP contribution in [0.25, 0.3) is 22.4 Å². The molecule has 0 bridgehead atoms. The number of ether oxygens (including phenoxy) is 1. The number of nitrogens with zero attached hydrogens (tertiary/aromatic N) is 5. The standard InChI is InChI=1S/C27H27F2N5O2/c1-16(2)22(35)12-17-8-9-20(28)19(24(17)29)13-21-18(6-5-10-30-21)25-26-27(32-14-31-25)34(15-33-26)23-7-3-4-11-36-23/h5-6,8-10,14-16,23H,3-4,7,11-13H2,1-2H3. The maximum Gasteiger partial charge on any atom is 0.165 e. The second kappa shape index (κ2) is 10.2. The Kier molecular flexibility index (Phi) is 6.82. The molecule has 186 valence electrons. The number of hydrogen-bond donors (Lipinski definition) is 0. The molecule has 0 radical (unpaired) electrons. The van der Waals surface area contributed by atoms with Gasteiger partial charge in [-0.05, 0) is 43.0 Å². The summed E-state index contributed by atoms with van der Waals surface area (Å²) in [5, 5.41) is 0. The fourth-order valence-electron chi connectivity index (χ4n) is 4.50. The number of carbonyl (C=O) groups excluding carboxylic acids is 1. The molecule has 1 fully saturated rings. The van der Waals surface area contributed by atoms with Crippen molar-refractivity contribution in [2.24, 2.45) is 5.92 Å². The Labute approximate surface area is 207 Å². The molecule has 1 saturated heterocycles. The third kappa shape index (κ3) is 4.63. The van der Waals surface area contributed by atoms with Crippen molar-refractivity contribution in [1.29, 1.82) is 0 Å². The van der Waals surface area contributed by atoms with Crippen LogP contribution in [0.5, 0.6) is 0 Å². The second-order valence-corrected chi connectivity index (χ2v) is 9.34. The number of rotatable bonds is 7. The Hall–Kier alpha value is -3.59. The predicted octanol–water partition coefficient (Wildman–Crippen LogP) is 5.22. The first-order chi connectivity index (χ1) is 17.4. The third-order valence-corrected chi connectivity index (χ3v) is 6.59. The van der Waals surface area contributed by atoms with E-state index < -0.39 is 11.6 Å². The van der Waals surface area contributed by atoms with E-state index in [1.54, 1.807) is 32.4 Å². The molecule has 1 unspecified atom stereocenters. The van der Waals surface area contributed by atoms with Crippen LogP contribution in [-0.2, 0) is 22.4 Å². The summed E-state index contributed by atoms with van der Waals surface area (Å²) in [5.41, 5.74) is 2.85. The number of pyridine rings is 1. The average molecular weight is 492 g/mol. The quantitative estimate of drug-likeness (QED) is 0.352. The Morgan fingerprint density at radius 1 is 1.14 bits per heavy atom. The topological polar surface area (TPSA) is 82.8 Å². The summed E-state index contributed by atoms with van der Waals surface area (Å²) in [5.74, 6) is -1.74. The number of aromatic nitrogens is 5. The summed E-state index contributed by atoms with van der Waals surface area (Å²) >= 11 is 0. The van der Waals surface area contributed by atoms with Gasteiger partial charge in [-0.25, -0.2) is 23.7 Å². The van der Waals surface area contributed by atoms with E-state index in [4.69, 9.17) is 4.74 Å². The lowest BCUT2D eigenvalue weighted by atomic mass is 9.96. The van der Waals surface area contributed by atoms with Crippen LogP contribution in [0.3, 0.4) is 0 Å². The molecule has 1 aromatic carbocycles. The Morgan fingerprint density at radius 2 is 2.00 bits per heavy atom. The zero-order valence-corrected chi connectivity index (χ0v) is 20.2. The number of halogens is 2. The van der Waals surface area contributed by atoms with E-state index >= 15 is 4.39 Å². The van der Waals surface area contributed by atoms with Crippen molar-refractivity contribution in [3.63, 3.8) is 0 Å². The van der Waals surface area contributed by atoms with E-state index in [2.05, 4.69) is 19.9 Å². The molecule has 4 aromatic rings. The molecule has 0 N–H and O–H groups in total. The number of benzene rings is 1. The lowest BCUT2D eigenvalue weighted by Gasteiger charge is -2.23. The van der Waals surface area contributed by atoms with Gasteiger partial charge in [0.1, 0.15) is 41.2 Å². The number of imidazole rings is 1. The molecule has 1 aliphatic rings. The minimum atomic E-state index is -0.716. The van der Waals surface area contributed by atoms with Crippen molar-refractivity contribution in [3.8, 4) is 11.3 Å². The maximum atomic E-state index is 15.4. The van der Waals surface area contributed by atoms with Gasteiger partial charge in [-0.1, -0.05) is 19.9 Å². The summed E-state index contributed by atoms with van der Waals surface area (Å²) in [6, 6.07) is 6.10. The number of hydrogen-bond acceptors (Lipinski definition) is 6. The number of fused-ring (bicyclic) bond motifs is 1. The highest BCUT2D eigenvalue weighted by Gasteiger charge is 2.23. The molecule has 4 heterocycles. The minimum absolute atomic E-state index is 0.0843. The number of carbonyl (C=O) groups is 1. The van der Waals surface area contributed by atoms with Crippen molar-refractivity contribution in [3.05, 3.63) is 71.6 Å². The van der Waals surface area contributed by atoms with E-state index in [1.165, 1.54) is 18.5 Å². The largest absolute Gasteiger partial charge is 0.358 e. The lowest BCUT2D eigenvalue weighted by molar-refractivity contribution is -0.121. The van der Waals surface area contributed by atoms with Gasteiger partial charge in [-0.15, -0.1) is 0 Å². The third-order valence-electron chi connectivity index (χ3n) is 6.59. The predicted molar refractivity (Wildman–Crippen MR) is 130 cm³/mol. The molecular formula is C27H27F2N5O2. The van der Waals surface area contributed by atoms with E-state index in [0.29, 0.717) is 34.7 Å². The minimum Gasteiger partial charge on any atom is -0.358 e. The van der Waals surface area contributed by atoms with E-state index in [-0.39, 0.29) is 41.9 Å². The van der Waals surface area contributed by atoms with Crippen LogP contribution >= 0.6 is 0 Å². The first-order valence-electron chi connectivity index (χ1n) is 12.2. The van der Waals surface area contributed by atoms with Gasteiger partial charge in [0.05, 0.1) is 12.0 Å². The summed E-state index contributed by atoms with van der Waals surface area (Å²) < 4.78 is 38.0. The molecule has 5 rings (SSSR count). The van der Waals surface area contributed by atoms with Gasteiger partial charge in [0.2, 0.25) is 0 Å². The summed E-state index contributed by atoms with van der Waals surface area (Å²) in [6.07, 6.45) is 7.37. The molecule has 3 aromatic heterocycles. The van der Waals surface area contributed by atoms with Crippen molar-refractivity contribution >= 4 is 16.9 Å². The van der Waals surface area contributed by atoms with Gasteiger partial charge in [0, 0.05) is 42.7 Å². The molecule has 0 saturated carbocycles. The molecule has 36 heavy (non-hydrogen) atoms. The fourth-order valence-corrected chi connectivity index (χ4v) is 4.50. The second-order valence-electron chi connectivity index (χ2n) is 9.34. The summed E-state index contributed by atoms with van der Waals surface area (Å²) in [4.78, 5) is 30.1. The van der Waals surface area contributed by atoms with Gasteiger partial charge in [-0.3, -0.25) is 14.3 Å². The van der Waals surface area contributed by atoms with E-state index in [1.807, 2.05) is 10.6 Å². The summed E-state index contributed by atoms with van der Waals surface area (Å²) in [6.45, 7) is 4.21. The Balaban J connectivity index is 1.53. The molecule has 7 nitrogen and oxygen atoms in total. The normalized spacial score (nSPS) is 16.1. The molecule has 1 atom stereocenters. The van der Waals surface area contributed by atoms with Crippen molar-refractivity contribution in [2.45, 2.75) is 52.2 Å². The van der Waals surface area contributed by atoms with Gasteiger partial charge in [0.25, 0.3) is 0 Å². The zero-order valence-electron chi connectivity index (χ0n) is 20.2. The average Bonchev–Trinajstić information content (AvgIpc) is 3.33. The van der Waals surface area contributed by atoms with Crippen LogP contribution < -0.4 is 0 Å². The SMILES string of the molecule is CC(C)C(=O)Cc1ccc(F)c(Cc2ncccc2-c2ncnc3c2ncn3C2CCCCO2)c1F. The van der Waals surface area contributed by atoms with Crippen LogP contribution in [0.2, 0.25) is 0 Å². The van der Waals surface area contributed by atoms with Crippen molar-refractivity contribution in [1.82, 2.24) is 24.5 Å². The number of ketones is 1. The Bertz CT molecular complexity index is 1410. The van der Waals surface area contributed by atoms with Crippen LogP contribution in [0.4, 0.5) is 8.78 Å². The van der Waals surface area contributed by atoms with E-state index in [9.17, 15) is 9.18 Å². The van der Waals surface area contributed by atoms with Gasteiger partial charge in [0.15, 0.2) is 5.65 Å². The lowest BCUT2D eigenvalue weighted by Crippen LogP contribution is -2.17. The smallest absolute Gasteiger partial charge is 0.165 e. The van der Waals surface area contributed by atoms with Gasteiger partial charge < -0.3 is 4.74 Å². The van der Waals surface area contributed by atoms with Gasteiger partial charge in [-0.2, -0.15) is 0 Å². The van der Waals surface area contributed by atoms with E-state index in [0.717, 1.165) is 19.3 Å². The monoisotopic (exact) mass is 491 g/mol. The van der Waals surface area contributed by atoms with Crippen LogP contribution in [0.15, 0.2) is 43.1 Å². The molecule has 1 aliphatic heterocycles. The van der Waals surface area contributed by atoms with Crippen molar-refractivity contribution in [2.75, 3.05) is 6.61 Å². The highest BCUT2D eigenvalue weighted by atomic mass is 19.1. The maximum absolute atomic E-state index is 15.4. The highest BCUT2D eigenvalue weighted by molar-refractivity contribution is 5.88. The zero-order chi connectivity index (χ0) is 25.2. The molecule has 0 amide bonds. The van der Waals surface area contributed by atoms with Crippen LogP contribution in [-0.4, -0.2) is 36.9 Å².